The largest absolute Gasteiger partial charge is 0.370 e. The smallest absolute Gasteiger partial charge is 0.138 e. The highest BCUT2D eigenvalue weighted by atomic mass is 15.2. The van der Waals surface area contributed by atoms with Crippen LogP contribution in [0.3, 0.4) is 0 Å². The summed E-state index contributed by atoms with van der Waals surface area (Å²) >= 11 is 0. The van der Waals surface area contributed by atoms with Crippen molar-refractivity contribution in [2.45, 2.75) is 59.3 Å². The number of rotatable bonds is 7. The van der Waals surface area contributed by atoms with Crippen LogP contribution in [0.1, 0.15) is 59.7 Å². The molecule has 1 heterocycles. The van der Waals surface area contributed by atoms with Gasteiger partial charge < -0.3 is 10.2 Å². The van der Waals surface area contributed by atoms with Crippen molar-refractivity contribution in [1.82, 2.24) is 9.97 Å². The van der Waals surface area contributed by atoms with E-state index in [1.165, 1.54) is 19.3 Å². The Morgan fingerprint density at radius 3 is 2.40 bits per heavy atom. The molecule has 0 amide bonds. The number of hydrogen-bond acceptors (Lipinski definition) is 4. The standard InChI is InChI=1S/C16H30N4/c1-7-9-10-11-20(6)14-12-13(17-8-2)18-15(19-14)16(3,4)5/h12H,7-11H2,1-6H3,(H,17,18,19). The van der Waals surface area contributed by atoms with Gasteiger partial charge in [-0.2, -0.15) is 0 Å². The molecule has 0 unspecified atom stereocenters. The van der Waals surface area contributed by atoms with E-state index in [-0.39, 0.29) is 5.41 Å². The van der Waals surface area contributed by atoms with E-state index in [9.17, 15) is 0 Å². The molecule has 1 N–H and O–H groups in total. The average molecular weight is 278 g/mol. The lowest BCUT2D eigenvalue weighted by Gasteiger charge is -2.23. The van der Waals surface area contributed by atoms with E-state index in [1.54, 1.807) is 0 Å². The maximum atomic E-state index is 4.74. The van der Waals surface area contributed by atoms with Crippen molar-refractivity contribution in [2.24, 2.45) is 0 Å². The summed E-state index contributed by atoms with van der Waals surface area (Å²) in [4.78, 5) is 11.6. The highest BCUT2D eigenvalue weighted by molar-refractivity contribution is 5.49. The molecule has 0 aliphatic carbocycles. The third-order valence-electron chi connectivity index (χ3n) is 3.23. The Bertz CT molecular complexity index is 409. The van der Waals surface area contributed by atoms with Gasteiger partial charge in [0, 0.05) is 31.6 Å². The third-order valence-corrected chi connectivity index (χ3v) is 3.23. The molecule has 0 saturated heterocycles. The summed E-state index contributed by atoms with van der Waals surface area (Å²) < 4.78 is 0. The minimum absolute atomic E-state index is 0.0373. The zero-order valence-electron chi connectivity index (χ0n) is 14.0. The van der Waals surface area contributed by atoms with Gasteiger partial charge in [-0.25, -0.2) is 9.97 Å². The minimum Gasteiger partial charge on any atom is -0.370 e. The van der Waals surface area contributed by atoms with Gasteiger partial charge in [-0.15, -0.1) is 0 Å². The molecule has 0 aliphatic heterocycles. The van der Waals surface area contributed by atoms with Crippen LogP contribution in [-0.2, 0) is 5.41 Å². The molecule has 4 heteroatoms. The maximum Gasteiger partial charge on any atom is 0.138 e. The first-order valence-electron chi connectivity index (χ1n) is 7.73. The summed E-state index contributed by atoms with van der Waals surface area (Å²) in [5, 5.41) is 3.30. The Kier molecular flexibility index (Phi) is 6.24. The van der Waals surface area contributed by atoms with Gasteiger partial charge in [0.05, 0.1) is 0 Å². The Balaban J connectivity index is 2.96. The fourth-order valence-electron chi connectivity index (χ4n) is 1.95. The van der Waals surface area contributed by atoms with Crippen LogP contribution in [0, 0.1) is 0 Å². The SMILES string of the molecule is CCCCCN(C)c1cc(NCC)nc(C(C)(C)C)n1. The van der Waals surface area contributed by atoms with Gasteiger partial charge >= 0.3 is 0 Å². The fourth-order valence-corrected chi connectivity index (χ4v) is 1.95. The number of unbranched alkanes of at least 4 members (excludes halogenated alkanes) is 2. The predicted octanol–water partition coefficient (Wildman–Crippen LogP) is 3.83. The van der Waals surface area contributed by atoms with Crippen molar-refractivity contribution in [3.63, 3.8) is 0 Å². The van der Waals surface area contributed by atoms with Gasteiger partial charge in [0.2, 0.25) is 0 Å². The summed E-state index contributed by atoms with van der Waals surface area (Å²) in [7, 11) is 2.11. The van der Waals surface area contributed by atoms with Crippen molar-refractivity contribution in [1.29, 1.82) is 0 Å². The van der Waals surface area contributed by atoms with Crippen molar-refractivity contribution < 1.29 is 0 Å². The molecule has 1 aromatic heterocycles. The van der Waals surface area contributed by atoms with Crippen LogP contribution in [0.2, 0.25) is 0 Å². The highest BCUT2D eigenvalue weighted by Gasteiger charge is 2.20. The van der Waals surface area contributed by atoms with Crippen LogP contribution < -0.4 is 10.2 Å². The summed E-state index contributed by atoms with van der Waals surface area (Å²) in [6.07, 6.45) is 3.72. The Labute approximate surface area is 124 Å². The lowest BCUT2D eigenvalue weighted by Crippen LogP contribution is -2.24. The molecular formula is C16H30N4. The van der Waals surface area contributed by atoms with Gasteiger partial charge in [-0.1, -0.05) is 40.5 Å². The monoisotopic (exact) mass is 278 g/mol. The van der Waals surface area contributed by atoms with E-state index in [2.05, 4.69) is 56.9 Å². The lowest BCUT2D eigenvalue weighted by atomic mass is 9.96. The van der Waals surface area contributed by atoms with Gasteiger partial charge in [-0.05, 0) is 13.3 Å². The molecule has 20 heavy (non-hydrogen) atoms. The van der Waals surface area contributed by atoms with Crippen molar-refractivity contribution in [2.75, 3.05) is 30.4 Å². The van der Waals surface area contributed by atoms with Gasteiger partial charge in [0.25, 0.3) is 0 Å². The van der Waals surface area contributed by atoms with Crippen LogP contribution in [0.5, 0.6) is 0 Å². The number of aromatic nitrogens is 2. The van der Waals surface area contributed by atoms with E-state index >= 15 is 0 Å². The fraction of sp³-hybridized carbons (Fsp3) is 0.750. The van der Waals surface area contributed by atoms with Crippen LogP contribution >= 0.6 is 0 Å². The van der Waals surface area contributed by atoms with Crippen LogP contribution in [0.4, 0.5) is 11.6 Å². The molecule has 0 atom stereocenters. The van der Waals surface area contributed by atoms with E-state index in [4.69, 9.17) is 4.98 Å². The lowest BCUT2D eigenvalue weighted by molar-refractivity contribution is 0.545. The summed E-state index contributed by atoms with van der Waals surface area (Å²) in [5.41, 5.74) is -0.0373. The summed E-state index contributed by atoms with van der Waals surface area (Å²) in [6, 6.07) is 2.05. The Morgan fingerprint density at radius 1 is 1.15 bits per heavy atom. The average Bonchev–Trinajstić information content (AvgIpc) is 2.38. The molecule has 0 bridgehead atoms. The molecule has 1 aromatic rings. The van der Waals surface area contributed by atoms with Gasteiger partial charge in [0.1, 0.15) is 17.5 Å². The minimum atomic E-state index is -0.0373. The molecule has 0 aromatic carbocycles. The number of nitrogens with one attached hydrogen (secondary N) is 1. The maximum absolute atomic E-state index is 4.74. The second-order valence-corrected chi connectivity index (χ2v) is 6.34. The van der Waals surface area contributed by atoms with E-state index in [0.717, 1.165) is 30.5 Å². The molecular weight excluding hydrogens is 248 g/mol. The molecule has 0 radical (unpaired) electrons. The molecule has 0 spiro atoms. The first-order valence-corrected chi connectivity index (χ1v) is 7.73. The number of nitrogens with zero attached hydrogens (tertiary/aromatic N) is 3. The first-order chi connectivity index (χ1) is 9.38. The molecule has 0 fully saturated rings. The predicted molar refractivity (Wildman–Crippen MR) is 87.7 cm³/mol. The molecule has 0 aliphatic rings. The highest BCUT2D eigenvalue weighted by Crippen LogP contribution is 2.23. The first kappa shape index (κ1) is 16.7. The second-order valence-electron chi connectivity index (χ2n) is 6.34. The summed E-state index contributed by atoms with van der Waals surface area (Å²) in [6.45, 7) is 12.7. The zero-order chi connectivity index (χ0) is 15.2. The van der Waals surface area contributed by atoms with E-state index < -0.39 is 0 Å². The Morgan fingerprint density at radius 2 is 1.85 bits per heavy atom. The molecule has 4 nitrogen and oxygen atoms in total. The third kappa shape index (κ3) is 4.99. The number of anilines is 2. The second kappa shape index (κ2) is 7.46. The molecule has 1 rings (SSSR count). The van der Waals surface area contributed by atoms with Crippen LogP contribution in [-0.4, -0.2) is 30.1 Å². The van der Waals surface area contributed by atoms with Crippen LogP contribution in [0.25, 0.3) is 0 Å². The quantitative estimate of drug-likeness (QED) is 0.770. The zero-order valence-corrected chi connectivity index (χ0v) is 14.0. The van der Waals surface area contributed by atoms with Crippen molar-refractivity contribution in [3.05, 3.63) is 11.9 Å². The van der Waals surface area contributed by atoms with Crippen LogP contribution in [0.15, 0.2) is 6.07 Å². The normalized spacial score (nSPS) is 11.5. The molecule has 0 saturated carbocycles. The Hall–Kier alpha value is -1.32. The topological polar surface area (TPSA) is 41.0 Å². The van der Waals surface area contributed by atoms with Crippen molar-refractivity contribution >= 4 is 11.6 Å². The van der Waals surface area contributed by atoms with E-state index in [1.807, 2.05) is 6.07 Å². The van der Waals surface area contributed by atoms with Gasteiger partial charge in [-0.3, -0.25) is 0 Å². The van der Waals surface area contributed by atoms with Crippen molar-refractivity contribution in [3.8, 4) is 0 Å². The van der Waals surface area contributed by atoms with E-state index in [0.29, 0.717) is 0 Å². The summed E-state index contributed by atoms with van der Waals surface area (Å²) in [5.74, 6) is 2.83. The van der Waals surface area contributed by atoms with Gasteiger partial charge in [0.15, 0.2) is 0 Å². The molecule has 114 valence electrons. The number of hydrogen-bond donors (Lipinski definition) is 1.